The monoisotopic (exact) mass is 287 g/mol. The van der Waals surface area contributed by atoms with Crippen molar-refractivity contribution in [2.24, 2.45) is 7.05 Å². The summed E-state index contributed by atoms with van der Waals surface area (Å²) in [7, 11) is 2.00. The summed E-state index contributed by atoms with van der Waals surface area (Å²) < 4.78 is 7.58. The van der Waals surface area contributed by atoms with Gasteiger partial charge in [-0.05, 0) is 50.6 Å². The summed E-state index contributed by atoms with van der Waals surface area (Å²) in [4.78, 5) is 0. The van der Waals surface area contributed by atoms with Gasteiger partial charge in [-0.25, -0.2) is 0 Å². The van der Waals surface area contributed by atoms with Crippen molar-refractivity contribution >= 4 is 0 Å². The van der Waals surface area contributed by atoms with E-state index >= 15 is 0 Å². The first-order valence-electron chi connectivity index (χ1n) is 7.62. The van der Waals surface area contributed by atoms with Crippen LogP contribution in [0.5, 0.6) is 5.75 Å². The number of benzene rings is 1. The number of aromatic nitrogens is 2. The Labute approximate surface area is 127 Å². The topological polar surface area (TPSA) is 39.1 Å². The van der Waals surface area contributed by atoms with Crippen LogP contribution in [0.2, 0.25) is 0 Å². The summed E-state index contributed by atoms with van der Waals surface area (Å²) in [6.45, 7) is 7.85. The lowest BCUT2D eigenvalue weighted by atomic mass is 10.0. The normalized spacial score (nSPS) is 12.4. The lowest BCUT2D eigenvalue weighted by Gasteiger charge is -2.20. The van der Waals surface area contributed by atoms with Crippen LogP contribution in [0.4, 0.5) is 0 Å². The molecule has 0 bridgehead atoms. The second-order valence-electron chi connectivity index (χ2n) is 5.23. The average Bonchev–Trinajstić information content (AvgIpc) is 2.79. The molecule has 0 fully saturated rings. The zero-order chi connectivity index (χ0) is 15.2. The van der Waals surface area contributed by atoms with Crippen LogP contribution in [0.3, 0.4) is 0 Å². The fourth-order valence-corrected chi connectivity index (χ4v) is 2.53. The van der Waals surface area contributed by atoms with Crippen molar-refractivity contribution in [1.82, 2.24) is 15.1 Å². The van der Waals surface area contributed by atoms with Crippen LogP contribution < -0.4 is 10.1 Å². The van der Waals surface area contributed by atoms with Crippen LogP contribution in [0.25, 0.3) is 0 Å². The van der Waals surface area contributed by atoms with Gasteiger partial charge in [0.2, 0.25) is 0 Å². The van der Waals surface area contributed by atoms with Crippen molar-refractivity contribution in [2.75, 3.05) is 13.2 Å². The van der Waals surface area contributed by atoms with Gasteiger partial charge < -0.3 is 10.1 Å². The van der Waals surface area contributed by atoms with E-state index in [1.807, 2.05) is 37.7 Å². The van der Waals surface area contributed by atoms with E-state index in [2.05, 4.69) is 35.5 Å². The fraction of sp³-hybridized carbons (Fsp3) is 0.471. The van der Waals surface area contributed by atoms with Gasteiger partial charge in [-0.1, -0.05) is 19.1 Å². The third kappa shape index (κ3) is 3.85. The molecule has 1 aromatic heterocycles. The number of hydrogen-bond donors (Lipinski definition) is 1. The lowest BCUT2D eigenvalue weighted by molar-refractivity contribution is 0.339. The number of nitrogens with one attached hydrogen (secondary N) is 1. The summed E-state index contributed by atoms with van der Waals surface area (Å²) in [5.74, 6) is 0.914. The molecule has 114 valence electrons. The van der Waals surface area contributed by atoms with Gasteiger partial charge in [0.15, 0.2) is 0 Å². The van der Waals surface area contributed by atoms with E-state index in [0.29, 0.717) is 6.61 Å². The third-order valence-corrected chi connectivity index (χ3v) is 3.43. The highest BCUT2D eigenvalue weighted by molar-refractivity contribution is 5.35. The second kappa shape index (κ2) is 7.27. The maximum atomic E-state index is 5.62. The van der Waals surface area contributed by atoms with E-state index in [-0.39, 0.29) is 6.04 Å². The maximum Gasteiger partial charge on any atom is 0.119 e. The summed E-state index contributed by atoms with van der Waals surface area (Å²) >= 11 is 0. The Balaban J connectivity index is 2.35. The van der Waals surface area contributed by atoms with Gasteiger partial charge in [0.25, 0.3) is 0 Å². The Morgan fingerprint density at radius 3 is 2.71 bits per heavy atom. The van der Waals surface area contributed by atoms with Gasteiger partial charge in [0.05, 0.1) is 24.0 Å². The molecule has 21 heavy (non-hydrogen) atoms. The molecule has 0 radical (unpaired) electrons. The highest BCUT2D eigenvalue weighted by Gasteiger charge is 2.18. The quantitative estimate of drug-likeness (QED) is 0.850. The van der Waals surface area contributed by atoms with Gasteiger partial charge in [-0.15, -0.1) is 0 Å². The van der Waals surface area contributed by atoms with Gasteiger partial charge in [-0.3, -0.25) is 4.68 Å². The summed E-state index contributed by atoms with van der Waals surface area (Å²) in [5, 5.41) is 8.08. The van der Waals surface area contributed by atoms with Crippen molar-refractivity contribution in [3.05, 3.63) is 47.3 Å². The number of aryl methyl sites for hydroxylation is 2. The highest BCUT2D eigenvalue weighted by Crippen LogP contribution is 2.25. The minimum absolute atomic E-state index is 0.136. The first-order valence-corrected chi connectivity index (χ1v) is 7.62. The summed E-state index contributed by atoms with van der Waals surface area (Å²) in [6.07, 6.45) is 1.10. The lowest BCUT2D eigenvalue weighted by Crippen LogP contribution is -2.25. The number of ether oxygens (including phenoxy) is 1. The molecule has 0 amide bonds. The molecule has 1 N–H and O–H groups in total. The molecule has 0 spiro atoms. The van der Waals surface area contributed by atoms with Gasteiger partial charge >= 0.3 is 0 Å². The Hall–Kier alpha value is -1.81. The van der Waals surface area contributed by atoms with Crippen molar-refractivity contribution in [1.29, 1.82) is 0 Å². The number of hydrogen-bond acceptors (Lipinski definition) is 3. The van der Waals surface area contributed by atoms with Crippen LogP contribution in [0, 0.1) is 6.92 Å². The van der Waals surface area contributed by atoms with Crippen molar-refractivity contribution in [2.45, 2.75) is 33.2 Å². The minimum Gasteiger partial charge on any atom is -0.494 e. The first-order chi connectivity index (χ1) is 10.2. The molecule has 1 unspecified atom stereocenters. The molecule has 0 aliphatic heterocycles. The summed E-state index contributed by atoms with van der Waals surface area (Å²) in [5.41, 5.74) is 3.42. The molecule has 1 aromatic carbocycles. The van der Waals surface area contributed by atoms with Crippen molar-refractivity contribution < 1.29 is 4.74 Å². The first kappa shape index (κ1) is 15.6. The van der Waals surface area contributed by atoms with E-state index in [4.69, 9.17) is 4.74 Å². The molecule has 1 atom stereocenters. The molecule has 4 nitrogen and oxygen atoms in total. The predicted molar refractivity (Wildman–Crippen MR) is 85.7 cm³/mol. The molecule has 0 aliphatic rings. The molecule has 1 heterocycles. The van der Waals surface area contributed by atoms with E-state index < -0.39 is 0 Å². The maximum absolute atomic E-state index is 5.62. The molecular weight excluding hydrogens is 262 g/mol. The molecule has 2 rings (SSSR count). The third-order valence-electron chi connectivity index (χ3n) is 3.43. The van der Waals surface area contributed by atoms with Gasteiger partial charge in [0.1, 0.15) is 5.75 Å². The average molecular weight is 287 g/mol. The van der Waals surface area contributed by atoms with Crippen LogP contribution in [-0.2, 0) is 7.05 Å². The minimum atomic E-state index is 0.136. The summed E-state index contributed by atoms with van der Waals surface area (Å²) in [6, 6.07) is 10.6. The SMILES string of the molecule is CCCNC(c1cccc(OCC)c1)c1cc(C)nn1C. The van der Waals surface area contributed by atoms with E-state index in [9.17, 15) is 0 Å². The van der Waals surface area contributed by atoms with E-state index in [1.165, 1.54) is 11.3 Å². The van der Waals surface area contributed by atoms with Gasteiger partial charge in [0, 0.05) is 7.05 Å². The van der Waals surface area contributed by atoms with Crippen LogP contribution in [0.15, 0.2) is 30.3 Å². The van der Waals surface area contributed by atoms with Crippen LogP contribution in [0.1, 0.15) is 43.3 Å². The molecule has 2 aromatic rings. The Kier molecular flexibility index (Phi) is 5.39. The standard InChI is InChI=1S/C17H25N3O/c1-5-10-18-17(16-11-13(3)19-20(16)4)14-8-7-9-15(12-14)21-6-2/h7-9,11-12,17-18H,5-6,10H2,1-4H3. The number of nitrogens with zero attached hydrogens (tertiary/aromatic N) is 2. The highest BCUT2D eigenvalue weighted by atomic mass is 16.5. The van der Waals surface area contributed by atoms with Crippen molar-refractivity contribution in [3.63, 3.8) is 0 Å². The van der Waals surface area contributed by atoms with Crippen LogP contribution >= 0.6 is 0 Å². The molecule has 4 heteroatoms. The molecular formula is C17H25N3O. The van der Waals surface area contributed by atoms with Gasteiger partial charge in [-0.2, -0.15) is 5.10 Å². The van der Waals surface area contributed by atoms with Crippen molar-refractivity contribution in [3.8, 4) is 5.75 Å². The van der Waals surface area contributed by atoms with Crippen LogP contribution in [-0.4, -0.2) is 22.9 Å². The number of rotatable bonds is 7. The predicted octanol–water partition coefficient (Wildman–Crippen LogP) is 3.22. The van der Waals surface area contributed by atoms with E-state index in [1.54, 1.807) is 0 Å². The largest absolute Gasteiger partial charge is 0.494 e. The zero-order valence-electron chi connectivity index (χ0n) is 13.4. The smallest absolute Gasteiger partial charge is 0.119 e. The molecule has 0 aliphatic carbocycles. The molecule has 0 saturated carbocycles. The molecule has 0 saturated heterocycles. The fourth-order valence-electron chi connectivity index (χ4n) is 2.53. The zero-order valence-corrected chi connectivity index (χ0v) is 13.4. The Morgan fingerprint density at radius 1 is 1.29 bits per heavy atom. The Bertz CT molecular complexity index is 577. The Morgan fingerprint density at radius 2 is 2.10 bits per heavy atom. The van der Waals surface area contributed by atoms with E-state index in [0.717, 1.165) is 24.4 Å². The second-order valence-corrected chi connectivity index (χ2v) is 5.23.